The first-order valence-corrected chi connectivity index (χ1v) is 7.55. The SMILES string of the molecule is Cn1cc(C[C@H]2C(=O)C3CCN2CC3)c2ccccc21. The van der Waals surface area contributed by atoms with Crippen molar-refractivity contribution in [3.63, 3.8) is 0 Å². The Bertz CT molecular complexity index is 665. The summed E-state index contributed by atoms with van der Waals surface area (Å²) >= 11 is 0. The third-order valence-corrected chi connectivity index (χ3v) is 5.09. The molecule has 0 N–H and O–H groups in total. The number of hydrogen-bond donors (Lipinski definition) is 0. The minimum Gasteiger partial charge on any atom is -0.350 e. The number of rotatable bonds is 2. The van der Waals surface area contributed by atoms with Crippen LogP contribution >= 0.6 is 0 Å². The highest BCUT2D eigenvalue weighted by molar-refractivity contribution is 5.90. The Morgan fingerprint density at radius 1 is 1.20 bits per heavy atom. The van der Waals surface area contributed by atoms with Gasteiger partial charge in [0.05, 0.1) is 6.04 Å². The van der Waals surface area contributed by atoms with Crippen molar-refractivity contribution in [2.75, 3.05) is 13.1 Å². The zero-order chi connectivity index (χ0) is 13.7. The molecule has 3 fully saturated rings. The lowest BCUT2D eigenvalue weighted by atomic mass is 9.80. The number of nitrogens with zero attached hydrogens (tertiary/aromatic N) is 2. The minimum absolute atomic E-state index is 0.119. The zero-order valence-electron chi connectivity index (χ0n) is 11.9. The van der Waals surface area contributed by atoms with Crippen molar-refractivity contribution in [1.29, 1.82) is 0 Å². The fraction of sp³-hybridized carbons (Fsp3) is 0.471. The molecule has 104 valence electrons. The van der Waals surface area contributed by atoms with E-state index in [9.17, 15) is 4.79 Å². The van der Waals surface area contributed by atoms with Gasteiger partial charge >= 0.3 is 0 Å². The van der Waals surface area contributed by atoms with Crippen LogP contribution in [0.4, 0.5) is 0 Å². The first kappa shape index (κ1) is 12.2. The molecule has 0 amide bonds. The summed E-state index contributed by atoms with van der Waals surface area (Å²) in [5, 5.41) is 1.30. The van der Waals surface area contributed by atoms with Crippen LogP contribution in [-0.2, 0) is 18.3 Å². The van der Waals surface area contributed by atoms with Crippen molar-refractivity contribution in [3.8, 4) is 0 Å². The van der Waals surface area contributed by atoms with E-state index in [0.29, 0.717) is 11.7 Å². The summed E-state index contributed by atoms with van der Waals surface area (Å²) in [6.07, 6.45) is 5.22. The molecular weight excluding hydrogens is 248 g/mol. The third-order valence-electron chi connectivity index (χ3n) is 5.09. The maximum Gasteiger partial charge on any atom is 0.153 e. The second-order valence-electron chi connectivity index (χ2n) is 6.21. The van der Waals surface area contributed by atoms with E-state index in [1.807, 2.05) is 0 Å². The summed E-state index contributed by atoms with van der Waals surface area (Å²) in [6.45, 7) is 2.21. The smallest absolute Gasteiger partial charge is 0.153 e. The quantitative estimate of drug-likeness (QED) is 0.835. The molecule has 1 atom stereocenters. The molecule has 0 saturated carbocycles. The Balaban J connectivity index is 1.69. The lowest BCUT2D eigenvalue weighted by molar-refractivity contribution is -0.136. The van der Waals surface area contributed by atoms with Crippen molar-refractivity contribution < 1.29 is 4.79 Å². The Hall–Kier alpha value is -1.61. The van der Waals surface area contributed by atoms with Gasteiger partial charge in [0.25, 0.3) is 0 Å². The zero-order valence-corrected chi connectivity index (χ0v) is 11.9. The summed E-state index contributed by atoms with van der Waals surface area (Å²) in [4.78, 5) is 14.9. The summed E-state index contributed by atoms with van der Waals surface area (Å²) < 4.78 is 2.17. The van der Waals surface area contributed by atoms with E-state index >= 15 is 0 Å². The van der Waals surface area contributed by atoms with Crippen LogP contribution in [0.15, 0.2) is 30.5 Å². The van der Waals surface area contributed by atoms with Crippen LogP contribution in [0.3, 0.4) is 0 Å². The number of piperidine rings is 3. The molecule has 3 heteroatoms. The van der Waals surface area contributed by atoms with Gasteiger partial charge in [-0.15, -0.1) is 0 Å². The number of carbonyl (C=O) groups excluding carboxylic acids is 1. The summed E-state index contributed by atoms with van der Waals surface area (Å²) in [6, 6.07) is 8.59. The van der Waals surface area contributed by atoms with E-state index in [-0.39, 0.29) is 6.04 Å². The van der Waals surface area contributed by atoms with Gasteiger partial charge in [-0.2, -0.15) is 0 Å². The van der Waals surface area contributed by atoms with Crippen LogP contribution in [0, 0.1) is 5.92 Å². The second kappa shape index (κ2) is 4.45. The molecule has 0 radical (unpaired) electrons. The molecule has 2 aromatic rings. The highest BCUT2D eigenvalue weighted by Gasteiger charge is 2.40. The standard InChI is InChI=1S/C17H20N2O/c1-18-11-13(14-4-2-3-5-15(14)18)10-16-17(20)12-6-8-19(16)9-7-12/h2-5,11-12,16H,6-10H2,1H3/t16-/m0/s1. The minimum atomic E-state index is 0.119. The molecule has 3 aliphatic heterocycles. The summed E-state index contributed by atoms with van der Waals surface area (Å²) in [7, 11) is 2.08. The largest absolute Gasteiger partial charge is 0.350 e. The first-order chi connectivity index (χ1) is 9.74. The third kappa shape index (κ3) is 1.73. The molecule has 2 bridgehead atoms. The van der Waals surface area contributed by atoms with Crippen LogP contribution < -0.4 is 0 Å². The Morgan fingerprint density at radius 3 is 2.70 bits per heavy atom. The predicted molar refractivity (Wildman–Crippen MR) is 79.7 cm³/mol. The van der Waals surface area contributed by atoms with Crippen LogP contribution in [0.25, 0.3) is 10.9 Å². The Labute approximate surface area is 119 Å². The highest BCUT2D eigenvalue weighted by Crippen LogP contribution is 2.32. The maximum atomic E-state index is 12.5. The van der Waals surface area contributed by atoms with E-state index in [0.717, 1.165) is 32.4 Å². The van der Waals surface area contributed by atoms with Gasteiger partial charge in [0.2, 0.25) is 0 Å². The molecule has 0 spiro atoms. The fourth-order valence-corrected chi connectivity index (χ4v) is 3.97. The molecule has 0 aliphatic carbocycles. The molecule has 0 unspecified atom stereocenters. The average Bonchev–Trinajstić information content (AvgIpc) is 2.80. The molecule has 3 aliphatic rings. The number of hydrogen-bond acceptors (Lipinski definition) is 2. The van der Waals surface area contributed by atoms with Gasteiger partial charge in [-0.1, -0.05) is 18.2 Å². The first-order valence-electron chi connectivity index (χ1n) is 7.55. The van der Waals surface area contributed by atoms with Crippen molar-refractivity contribution in [3.05, 3.63) is 36.0 Å². The number of ketones is 1. The van der Waals surface area contributed by atoms with Gasteiger partial charge in [0.1, 0.15) is 0 Å². The number of carbonyl (C=O) groups is 1. The van der Waals surface area contributed by atoms with Gasteiger partial charge in [0, 0.05) is 30.1 Å². The fourth-order valence-electron chi connectivity index (χ4n) is 3.97. The lowest BCUT2D eigenvalue weighted by Crippen LogP contribution is -2.56. The number of Topliss-reactive ketones (excluding diaryl/α,β-unsaturated/α-hetero) is 1. The summed E-state index contributed by atoms with van der Waals surface area (Å²) in [5.41, 5.74) is 2.57. The van der Waals surface area contributed by atoms with Gasteiger partial charge in [-0.3, -0.25) is 9.69 Å². The molecule has 3 saturated heterocycles. The van der Waals surface area contributed by atoms with Gasteiger partial charge in [-0.05, 0) is 44.0 Å². The number of benzene rings is 1. The molecular formula is C17H20N2O. The van der Waals surface area contributed by atoms with E-state index in [2.05, 4.69) is 47.0 Å². The van der Waals surface area contributed by atoms with Gasteiger partial charge in [0.15, 0.2) is 5.78 Å². The lowest BCUT2D eigenvalue weighted by Gasteiger charge is -2.44. The number of aromatic nitrogens is 1. The maximum absolute atomic E-state index is 12.5. The average molecular weight is 268 g/mol. The van der Waals surface area contributed by atoms with E-state index in [1.54, 1.807) is 0 Å². The molecule has 3 nitrogen and oxygen atoms in total. The predicted octanol–water partition coefficient (Wildman–Crippen LogP) is 2.38. The molecule has 1 aromatic heterocycles. The number of fused-ring (bicyclic) bond motifs is 4. The monoisotopic (exact) mass is 268 g/mol. The van der Waals surface area contributed by atoms with Crippen molar-refractivity contribution >= 4 is 16.7 Å². The van der Waals surface area contributed by atoms with Crippen molar-refractivity contribution in [2.24, 2.45) is 13.0 Å². The van der Waals surface area contributed by atoms with E-state index < -0.39 is 0 Å². The van der Waals surface area contributed by atoms with Crippen molar-refractivity contribution in [1.82, 2.24) is 9.47 Å². The topological polar surface area (TPSA) is 25.2 Å². The van der Waals surface area contributed by atoms with Crippen LogP contribution in [0.1, 0.15) is 18.4 Å². The molecule has 20 heavy (non-hydrogen) atoms. The van der Waals surface area contributed by atoms with Crippen molar-refractivity contribution in [2.45, 2.75) is 25.3 Å². The van der Waals surface area contributed by atoms with Crippen LogP contribution in [-0.4, -0.2) is 34.4 Å². The molecule has 4 heterocycles. The van der Waals surface area contributed by atoms with E-state index in [1.165, 1.54) is 16.5 Å². The number of para-hydroxylation sites is 1. The van der Waals surface area contributed by atoms with Crippen LogP contribution in [0.2, 0.25) is 0 Å². The Kier molecular flexibility index (Phi) is 2.71. The van der Waals surface area contributed by atoms with Gasteiger partial charge in [-0.25, -0.2) is 0 Å². The van der Waals surface area contributed by atoms with Crippen LogP contribution in [0.5, 0.6) is 0 Å². The van der Waals surface area contributed by atoms with Gasteiger partial charge < -0.3 is 4.57 Å². The molecule has 5 rings (SSSR count). The highest BCUT2D eigenvalue weighted by atomic mass is 16.1. The van der Waals surface area contributed by atoms with E-state index in [4.69, 9.17) is 0 Å². The summed E-state index contributed by atoms with van der Waals surface area (Å²) in [5.74, 6) is 0.815. The Morgan fingerprint density at radius 2 is 1.95 bits per heavy atom. The number of aryl methyl sites for hydroxylation is 1. The second-order valence-corrected chi connectivity index (χ2v) is 6.21. The molecule has 1 aromatic carbocycles. The normalized spacial score (nSPS) is 29.2.